The van der Waals surface area contributed by atoms with E-state index in [0.29, 0.717) is 61.0 Å². The van der Waals surface area contributed by atoms with Crippen molar-refractivity contribution in [2.75, 3.05) is 36.4 Å². The molecule has 2 aromatic carbocycles. The fourth-order valence-electron chi connectivity index (χ4n) is 4.32. The summed E-state index contributed by atoms with van der Waals surface area (Å²) in [5, 5.41) is 2.86. The normalized spacial score (nSPS) is 13.6. The molecule has 5 rings (SSSR count). The second kappa shape index (κ2) is 9.99. The molecule has 1 fully saturated rings. The number of rotatable bonds is 5. The number of carbonyl (C=O) groups is 2. The molecule has 0 unspecified atom stereocenters. The molecule has 0 saturated carbocycles. The van der Waals surface area contributed by atoms with E-state index in [9.17, 15) is 14.4 Å². The predicted molar refractivity (Wildman–Crippen MR) is 139 cm³/mol. The number of carbonyl (C=O) groups excluding carboxylic acids is 2. The SMILES string of the molecule is CC(=O)c1cccc(NC(=O)N2CCN(c3nc4cccnc4n(Cc4ccccc4)c3=O)CC2)c1. The maximum atomic E-state index is 13.5. The van der Waals surface area contributed by atoms with Crippen LogP contribution in [-0.2, 0) is 6.54 Å². The highest BCUT2D eigenvalue weighted by atomic mass is 16.2. The first kappa shape index (κ1) is 23.2. The van der Waals surface area contributed by atoms with Crippen molar-refractivity contribution in [2.45, 2.75) is 13.5 Å². The Morgan fingerprint density at radius 1 is 0.944 bits per heavy atom. The van der Waals surface area contributed by atoms with Crippen molar-refractivity contribution in [1.29, 1.82) is 0 Å². The lowest BCUT2D eigenvalue weighted by Gasteiger charge is -2.35. The monoisotopic (exact) mass is 482 g/mol. The number of urea groups is 1. The summed E-state index contributed by atoms with van der Waals surface area (Å²) in [4.78, 5) is 50.7. The fourth-order valence-corrected chi connectivity index (χ4v) is 4.32. The molecule has 0 radical (unpaired) electrons. The Labute approximate surface area is 208 Å². The van der Waals surface area contributed by atoms with Crippen LogP contribution >= 0.6 is 0 Å². The Hall–Kier alpha value is -4.53. The summed E-state index contributed by atoms with van der Waals surface area (Å²) < 4.78 is 1.66. The number of ketones is 1. The number of fused-ring (bicyclic) bond motifs is 1. The zero-order valence-corrected chi connectivity index (χ0v) is 19.9. The average molecular weight is 483 g/mol. The Kier molecular flexibility index (Phi) is 6.44. The van der Waals surface area contributed by atoms with Crippen LogP contribution in [0, 0.1) is 0 Å². The van der Waals surface area contributed by atoms with E-state index in [-0.39, 0.29) is 17.4 Å². The largest absolute Gasteiger partial charge is 0.348 e. The fraction of sp³-hybridized carbons (Fsp3) is 0.222. The first-order chi connectivity index (χ1) is 17.5. The first-order valence-corrected chi connectivity index (χ1v) is 11.8. The average Bonchev–Trinajstić information content (AvgIpc) is 2.91. The van der Waals surface area contributed by atoms with Crippen molar-refractivity contribution in [3.63, 3.8) is 0 Å². The molecule has 0 spiro atoms. The molecule has 2 aromatic heterocycles. The minimum atomic E-state index is -0.243. The number of hydrogen-bond acceptors (Lipinski definition) is 6. The first-order valence-electron chi connectivity index (χ1n) is 11.8. The Balaban J connectivity index is 1.34. The highest BCUT2D eigenvalue weighted by Crippen LogP contribution is 2.17. The Bertz CT molecular complexity index is 1480. The van der Waals surface area contributed by atoms with Crippen LogP contribution in [-0.4, -0.2) is 57.4 Å². The quantitative estimate of drug-likeness (QED) is 0.438. The van der Waals surface area contributed by atoms with Crippen LogP contribution < -0.4 is 15.8 Å². The molecular formula is C27H26N6O3. The zero-order chi connectivity index (χ0) is 25.1. The number of benzene rings is 2. The molecule has 2 amide bonds. The number of Topliss-reactive ketones (excluding diaryl/α,β-unsaturated/α-hetero) is 1. The number of nitrogens with zero attached hydrogens (tertiary/aromatic N) is 5. The molecule has 1 N–H and O–H groups in total. The highest BCUT2D eigenvalue weighted by Gasteiger charge is 2.25. The van der Waals surface area contributed by atoms with Crippen LogP contribution in [0.1, 0.15) is 22.8 Å². The number of amides is 2. The van der Waals surface area contributed by atoms with Gasteiger partial charge in [0.1, 0.15) is 5.52 Å². The van der Waals surface area contributed by atoms with Gasteiger partial charge in [0.2, 0.25) is 0 Å². The summed E-state index contributed by atoms with van der Waals surface area (Å²) in [6.07, 6.45) is 1.66. The van der Waals surface area contributed by atoms with Crippen molar-refractivity contribution in [2.24, 2.45) is 0 Å². The summed E-state index contributed by atoms with van der Waals surface area (Å²) >= 11 is 0. The van der Waals surface area contributed by atoms with E-state index in [1.807, 2.05) is 41.3 Å². The second-order valence-corrected chi connectivity index (χ2v) is 8.70. The third-order valence-corrected chi connectivity index (χ3v) is 6.25. The van der Waals surface area contributed by atoms with Crippen molar-refractivity contribution < 1.29 is 9.59 Å². The van der Waals surface area contributed by atoms with Crippen LogP contribution in [0.5, 0.6) is 0 Å². The molecule has 0 aliphatic carbocycles. The minimum absolute atomic E-state index is 0.0595. The predicted octanol–water partition coefficient (Wildman–Crippen LogP) is 3.40. The van der Waals surface area contributed by atoms with Crippen LogP contribution in [0.15, 0.2) is 77.7 Å². The molecule has 9 nitrogen and oxygen atoms in total. The van der Waals surface area contributed by atoms with Gasteiger partial charge in [-0.3, -0.25) is 14.2 Å². The third-order valence-electron chi connectivity index (χ3n) is 6.25. The van der Waals surface area contributed by atoms with E-state index in [1.54, 1.807) is 46.0 Å². The van der Waals surface area contributed by atoms with Crippen LogP contribution in [0.4, 0.5) is 16.3 Å². The van der Waals surface area contributed by atoms with Crippen LogP contribution in [0.25, 0.3) is 11.2 Å². The van der Waals surface area contributed by atoms with E-state index < -0.39 is 0 Å². The third kappa shape index (κ3) is 4.81. The molecule has 0 bridgehead atoms. The second-order valence-electron chi connectivity index (χ2n) is 8.70. The molecular weight excluding hydrogens is 456 g/mol. The topological polar surface area (TPSA) is 100 Å². The van der Waals surface area contributed by atoms with Crippen molar-refractivity contribution in [3.8, 4) is 0 Å². The van der Waals surface area contributed by atoms with Crippen LogP contribution in [0.2, 0.25) is 0 Å². The van der Waals surface area contributed by atoms with Crippen molar-refractivity contribution >= 4 is 34.5 Å². The molecule has 1 saturated heterocycles. The van der Waals surface area contributed by atoms with Gasteiger partial charge >= 0.3 is 6.03 Å². The smallest absolute Gasteiger partial charge is 0.321 e. The van der Waals surface area contributed by atoms with E-state index >= 15 is 0 Å². The molecule has 182 valence electrons. The standard InChI is InChI=1S/C27H26N6O3/c1-19(34)21-9-5-10-22(17-21)29-27(36)32-15-13-31(14-16-32)25-26(35)33(18-20-7-3-2-4-8-20)24-23(30-25)11-6-12-28-24/h2-12,17H,13-16,18H2,1H3,(H,29,36). The van der Waals surface area contributed by atoms with Gasteiger partial charge in [-0.1, -0.05) is 42.5 Å². The molecule has 3 heterocycles. The van der Waals surface area contributed by atoms with Gasteiger partial charge in [-0.05, 0) is 36.8 Å². The van der Waals surface area contributed by atoms with Gasteiger partial charge in [-0.15, -0.1) is 0 Å². The number of hydrogen-bond donors (Lipinski definition) is 1. The Morgan fingerprint density at radius 2 is 1.72 bits per heavy atom. The molecule has 4 aromatic rings. The summed E-state index contributed by atoms with van der Waals surface area (Å²) in [5.41, 5.74) is 3.10. The van der Waals surface area contributed by atoms with Crippen molar-refractivity contribution in [3.05, 3.63) is 94.4 Å². The maximum Gasteiger partial charge on any atom is 0.321 e. The van der Waals surface area contributed by atoms with Gasteiger partial charge in [0, 0.05) is 43.6 Å². The number of pyridine rings is 1. The molecule has 36 heavy (non-hydrogen) atoms. The summed E-state index contributed by atoms with van der Waals surface area (Å²) in [7, 11) is 0. The van der Waals surface area contributed by atoms with Gasteiger partial charge in [0.25, 0.3) is 5.56 Å². The van der Waals surface area contributed by atoms with Gasteiger partial charge in [-0.25, -0.2) is 14.8 Å². The minimum Gasteiger partial charge on any atom is -0.348 e. The van der Waals surface area contributed by atoms with E-state index in [1.165, 1.54) is 6.92 Å². The van der Waals surface area contributed by atoms with Crippen molar-refractivity contribution in [1.82, 2.24) is 19.4 Å². The van der Waals surface area contributed by atoms with Gasteiger partial charge in [0.05, 0.1) is 6.54 Å². The van der Waals surface area contributed by atoms with E-state index in [4.69, 9.17) is 0 Å². The highest BCUT2D eigenvalue weighted by molar-refractivity contribution is 5.96. The number of anilines is 2. The van der Waals surface area contributed by atoms with Crippen LogP contribution in [0.3, 0.4) is 0 Å². The lowest BCUT2D eigenvalue weighted by molar-refractivity contribution is 0.101. The van der Waals surface area contributed by atoms with Gasteiger partial charge in [-0.2, -0.15) is 0 Å². The number of nitrogens with one attached hydrogen (secondary N) is 1. The number of aromatic nitrogens is 3. The van der Waals surface area contributed by atoms with Gasteiger partial charge < -0.3 is 15.1 Å². The maximum absolute atomic E-state index is 13.5. The molecule has 1 aliphatic rings. The summed E-state index contributed by atoms with van der Waals surface area (Å²) in [5.74, 6) is 0.302. The summed E-state index contributed by atoms with van der Waals surface area (Å²) in [6, 6.07) is 20.1. The lowest BCUT2D eigenvalue weighted by atomic mass is 10.1. The zero-order valence-electron chi connectivity index (χ0n) is 19.9. The van der Waals surface area contributed by atoms with Gasteiger partial charge in [0.15, 0.2) is 17.2 Å². The number of piperazine rings is 1. The Morgan fingerprint density at radius 3 is 2.47 bits per heavy atom. The lowest BCUT2D eigenvalue weighted by Crippen LogP contribution is -2.51. The molecule has 1 aliphatic heterocycles. The summed E-state index contributed by atoms with van der Waals surface area (Å²) in [6.45, 7) is 3.70. The van der Waals surface area contributed by atoms with E-state index in [0.717, 1.165) is 5.56 Å². The molecule has 0 atom stereocenters. The van der Waals surface area contributed by atoms with E-state index in [2.05, 4.69) is 15.3 Å². The molecule has 9 heteroatoms.